The highest BCUT2D eigenvalue weighted by Crippen LogP contribution is 2.31. The summed E-state index contributed by atoms with van der Waals surface area (Å²) in [7, 11) is 0. The normalized spacial score (nSPS) is 22.2. The number of aromatic nitrogens is 2. The number of hydrogen-bond acceptors (Lipinski definition) is 4. The molecule has 0 radical (unpaired) electrons. The zero-order chi connectivity index (χ0) is 17.9. The number of piperidine rings is 2. The first-order valence-corrected chi connectivity index (χ1v) is 9.56. The number of hydrogen-bond donors (Lipinski definition) is 1. The third-order valence-corrected chi connectivity index (χ3v) is 5.71. The molecule has 0 unspecified atom stereocenters. The van der Waals surface area contributed by atoms with Crippen LogP contribution in [0.25, 0.3) is 5.69 Å². The van der Waals surface area contributed by atoms with Crippen molar-refractivity contribution in [3.8, 4) is 5.69 Å². The fourth-order valence-corrected chi connectivity index (χ4v) is 4.48. The molecule has 2 saturated heterocycles. The summed E-state index contributed by atoms with van der Waals surface area (Å²) < 4.78 is 2.03. The Morgan fingerprint density at radius 2 is 1.89 bits per heavy atom. The van der Waals surface area contributed by atoms with Crippen molar-refractivity contribution in [1.29, 1.82) is 0 Å². The fraction of sp³-hybridized carbons (Fsp3) is 0.500. The fourth-order valence-electron chi connectivity index (χ4n) is 4.48. The van der Waals surface area contributed by atoms with Crippen molar-refractivity contribution in [2.45, 2.75) is 31.8 Å². The van der Waals surface area contributed by atoms with Crippen molar-refractivity contribution >= 4 is 30.7 Å². The summed E-state index contributed by atoms with van der Waals surface area (Å²) in [6.45, 7) is 4.19. The van der Waals surface area contributed by atoms with Gasteiger partial charge in [0.2, 0.25) is 5.91 Å². The number of rotatable bonds is 5. The second kappa shape index (κ2) is 10.3. The molecule has 154 valence electrons. The molecule has 0 aliphatic carbocycles. The highest BCUT2D eigenvalue weighted by Gasteiger charge is 2.38. The van der Waals surface area contributed by atoms with Crippen LogP contribution in [-0.4, -0.2) is 57.7 Å². The lowest BCUT2D eigenvalue weighted by atomic mass is 9.83. The summed E-state index contributed by atoms with van der Waals surface area (Å²) in [5.74, 6) is 0.841. The van der Waals surface area contributed by atoms with Crippen LogP contribution in [0, 0.1) is 5.92 Å². The molecular weight excluding hydrogens is 397 g/mol. The average molecular weight is 426 g/mol. The number of amides is 1. The molecule has 1 amide bonds. The van der Waals surface area contributed by atoms with Crippen LogP contribution in [0.5, 0.6) is 0 Å². The first kappa shape index (κ1) is 22.7. The Labute approximate surface area is 178 Å². The minimum atomic E-state index is 0. The zero-order valence-corrected chi connectivity index (χ0v) is 17.6. The number of fused-ring (bicyclic) bond motifs is 1. The minimum Gasteiger partial charge on any atom is -0.338 e. The number of benzene rings is 1. The van der Waals surface area contributed by atoms with Crippen molar-refractivity contribution in [3.63, 3.8) is 0 Å². The number of halogens is 2. The number of para-hydroxylation sites is 1. The average Bonchev–Trinajstić information content (AvgIpc) is 3.13. The van der Waals surface area contributed by atoms with Gasteiger partial charge in [-0.15, -0.1) is 24.8 Å². The Hall–Kier alpha value is -1.60. The van der Waals surface area contributed by atoms with E-state index >= 15 is 0 Å². The molecule has 1 aromatic carbocycles. The smallest absolute Gasteiger partial charge is 0.222 e. The van der Waals surface area contributed by atoms with Gasteiger partial charge in [-0.1, -0.05) is 18.2 Å². The van der Waals surface area contributed by atoms with Gasteiger partial charge in [-0.2, -0.15) is 5.10 Å². The topological polar surface area (TPSA) is 67.4 Å². The van der Waals surface area contributed by atoms with E-state index in [0.29, 0.717) is 31.5 Å². The monoisotopic (exact) mass is 425 g/mol. The molecule has 0 spiro atoms. The van der Waals surface area contributed by atoms with Gasteiger partial charge in [-0.3, -0.25) is 9.69 Å². The number of carbonyl (C=O) groups excluding carboxylic acids is 1. The second-order valence-electron chi connectivity index (χ2n) is 7.34. The molecule has 0 saturated carbocycles. The maximum Gasteiger partial charge on any atom is 0.222 e. The molecule has 2 aliphatic heterocycles. The van der Waals surface area contributed by atoms with E-state index in [1.54, 1.807) is 0 Å². The highest BCUT2D eigenvalue weighted by atomic mass is 35.5. The summed E-state index contributed by atoms with van der Waals surface area (Å²) in [5.41, 5.74) is 8.02. The third-order valence-electron chi connectivity index (χ3n) is 5.71. The Morgan fingerprint density at radius 3 is 2.64 bits per heavy atom. The third kappa shape index (κ3) is 4.69. The van der Waals surface area contributed by atoms with E-state index in [9.17, 15) is 4.79 Å². The predicted octanol–water partition coefficient (Wildman–Crippen LogP) is 2.49. The van der Waals surface area contributed by atoms with E-state index < -0.39 is 0 Å². The molecule has 2 aliphatic rings. The lowest BCUT2D eigenvalue weighted by molar-refractivity contribution is -0.141. The van der Waals surface area contributed by atoms with Gasteiger partial charge < -0.3 is 10.6 Å². The van der Waals surface area contributed by atoms with Gasteiger partial charge in [-0.05, 0) is 37.0 Å². The van der Waals surface area contributed by atoms with E-state index in [2.05, 4.69) is 28.2 Å². The minimum absolute atomic E-state index is 0. The van der Waals surface area contributed by atoms with Gasteiger partial charge in [0.25, 0.3) is 0 Å². The summed E-state index contributed by atoms with van der Waals surface area (Å²) in [6.07, 6.45) is 4.57. The Morgan fingerprint density at radius 1 is 1.11 bits per heavy atom. The van der Waals surface area contributed by atoms with Crippen LogP contribution in [0.4, 0.5) is 0 Å². The quantitative estimate of drug-likeness (QED) is 0.798. The van der Waals surface area contributed by atoms with Gasteiger partial charge in [0.1, 0.15) is 0 Å². The van der Waals surface area contributed by atoms with E-state index in [1.807, 2.05) is 34.0 Å². The van der Waals surface area contributed by atoms with Crippen LogP contribution in [-0.2, 0) is 11.3 Å². The van der Waals surface area contributed by atoms with Crippen LogP contribution in [0.3, 0.4) is 0 Å². The second-order valence-corrected chi connectivity index (χ2v) is 7.34. The molecular formula is C20H29Cl2N5O. The Kier molecular flexibility index (Phi) is 8.31. The van der Waals surface area contributed by atoms with Crippen molar-refractivity contribution in [2.75, 3.05) is 26.2 Å². The molecule has 1 aromatic heterocycles. The first-order chi connectivity index (χ1) is 12.8. The van der Waals surface area contributed by atoms with Gasteiger partial charge in [0.05, 0.1) is 11.4 Å². The van der Waals surface area contributed by atoms with Crippen LogP contribution in [0.15, 0.2) is 42.6 Å². The SMILES string of the molecule is Cl.Cl.NCCN1C(=O)CC[C@H]2CN(Cc3ccnn3-c3ccccc3)CC[C@H]21. The van der Waals surface area contributed by atoms with Crippen molar-refractivity contribution in [3.05, 3.63) is 48.3 Å². The van der Waals surface area contributed by atoms with E-state index in [0.717, 1.165) is 38.2 Å². The molecule has 2 atom stereocenters. The standard InChI is InChI=1S/C20H27N5O.2ClH/c21-10-13-24-19-9-12-23(14-16(19)6-7-20(24)26)15-18-8-11-22-25(18)17-4-2-1-3-5-17;;/h1-5,8,11,16,19H,6-7,9-10,12-15,21H2;2*1H/t16-,19+;;/m0../s1. The number of carbonyl (C=O) groups is 1. The van der Waals surface area contributed by atoms with Gasteiger partial charge in [0, 0.05) is 51.4 Å². The lowest BCUT2D eigenvalue weighted by Crippen LogP contribution is -2.56. The summed E-state index contributed by atoms with van der Waals surface area (Å²) in [5, 5.41) is 4.50. The molecule has 8 heteroatoms. The van der Waals surface area contributed by atoms with Crippen molar-refractivity contribution < 1.29 is 4.79 Å². The lowest BCUT2D eigenvalue weighted by Gasteiger charge is -2.47. The van der Waals surface area contributed by atoms with Crippen LogP contribution in [0.1, 0.15) is 25.0 Å². The first-order valence-electron chi connectivity index (χ1n) is 9.56. The van der Waals surface area contributed by atoms with Crippen molar-refractivity contribution in [2.24, 2.45) is 11.7 Å². The maximum atomic E-state index is 12.2. The molecule has 2 N–H and O–H groups in total. The van der Waals surface area contributed by atoms with Gasteiger partial charge in [0.15, 0.2) is 0 Å². The summed E-state index contributed by atoms with van der Waals surface area (Å²) in [4.78, 5) is 16.8. The largest absolute Gasteiger partial charge is 0.338 e. The van der Waals surface area contributed by atoms with Crippen LogP contribution < -0.4 is 5.73 Å². The van der Waals surface area contributed by atoms with E-state index in [4.69, 9.17) is 5.73 Å². The van der Waals surface area contributed by atoms with Crippen molar-refractivity contribution in [1.82, 2.24) is 19.6 Å². The Balaban J connectivity index is 0.00000140. The van der Waals surface area contributed by atoms with E-state index in [-0.39, 0.29) is 30.7 Å². The number of nitrogens with two attached hydrogens (primary N) is 1. The zero-order valence-electron chi connectivity index (χ0n) is 15.9. The Bertz CT molecular complexity index is 754. The molecule has 4 rings (SSSR count). The summed E-state index contributed by atoms with van der Waals surface area (Å²) >= 11 is 0. The molecule has 0 bridgehead atoms. The van der Waals surface area contributed by atoms with Gasteiger partial charge >= 0.3 is 0 Å². The van der Waals surface area contributed by atoms with E-state index in [1.165, 1.54) is 5.69 Å². The molecule has 2 aromatic rings. The molecule has 3 heterocycles. The molecule has 2 fully saturated rings. The molecule has 6 nitrogen and oxygen atoms in total. The number of nitrogens with zero attached hydrogens (tertiary/aromatic N) is 4. The van der Waals surface area contributed by atoms with Gasteiger partial charge in [-0.25, -0.2) is 4.68 Å². The summed E-state index contributed by atoms with van der Waals surface area (Å²) in [6, 6.07) is 12.7. The number of likely N-dealkylation sites (tertiary alicyclic amines) is 2. The van der Waals surface area contributed by atoms with Crippen LogP contribution in [0.2, 0.25) is 0 Å². The molecule has 28 heavy (non-hydrogen) atoms. The maximum absolute atomic E-state index is 12.2. The predicted molar refractivity (Wildman–Crippen MR) is 115 cm³/mol. The highest BCUT2D eigenvalue weighted by molar-refractivity contribution is 5.85. The van der Waals surface area contributed by atoms with Crippen LogP contribution >= 0.6 is 24.8 Å².